The fourth-order valence-corrected chi connectivity index (χ4v) is 5.07. The third-order valence-corrected chi connectivity index (χ3v) is 7.07. The number of nitrogens with one attached hydrogen (secondary N) is 2. The molecule has 3 N–H and O–H groups in total. The number of anilines is 3. The van der Waals surface area contributed by atoms with Crippen LogP contribution in [0.15, 0.2) is 47.3 Å². The largest absolute Gasteiger partial charge is 0.508 e. The molecule has 1 heterocycles. The average molecular weight is 490 g/mol. The molecule has 1 aliphatic carbocycles. The Balaban J connectivity index is 0.00000158. The lowest BCUT2D eigenvalue weighted by Gasteiger charge is -2.18. The van der Waals surface area contributed by atoms with Crippen molar-refractivity contribution in [2.45, 2.75) is 45.3 Å². The van der Waals surface area contributed by atoms with Gasteiger partial charge in [0.1, 0.15) is 34.2 Å². The van der Waals surface area contributed by atoms with Gasteiger partial charge in [-0.15, -0.1) is 0 Å². The summed E-state index contributed by atoms with van der Waals surface area (Å²) in [6, 6.07) is 10.1. The van der Waals surface area contributed by atoms with Crippen molar-refractivity contribution < 1.29 is 18.1 Å². The quantitative estimate of drug-likeness (QED) is 0.434. The molecule has 0 saturated heterocycles. The molecule has 3 atom stereocenters. The molecule has 3 unspecified atom stereocenters. The predicted octanol–water partition coefficient (Wildman–Crippen LogP) is 5.39. The lowest BCUT2D eigenvalue weighted by molar-refractivity contribution is 0.462. The van der Waals surface area contributed by atoms with Crippen molar-refractivity contribution in [2.75, 3.05) is 10.0 Å². The van der Waals surface area contributed by atoms with Gasteiger partial charge in [-0.3, -0.25) is 9.36 Å². The van der Waals surface area contributed by atoms with E-state index in [1.165, 1.54) is 22.8 Å². The highest BCUT2D eigenvalue weighted by atomic mass is 32.2. The number of hydrogen-bond donors (Lipinski definition) is 3. The van der Waals surface area contributed by atoms with E-state index in [2.05, 4.69) is 10.0 Å². The Hall–Kier alpha value is -3.20. The maximum absolute atomic E-state index is 14.4. The fourth-order valence-electron chi connectivity index (χ4n) is 3.72. The average Bonchev–Trinajstić information content (AvgIpc) is 3.58. The number of aryl methyl sites for hydroxylation is 2. The molecule has 3 aromatic rings. The lowest BCUT2D eigenvalue weighted by Crippen LogP contribution is -2.24. The number of benzene rings is 2. The van der Waals surface area contributed by atoms with Crippen LogP contribution < -0.4 is 15.6 Å². The number of aromatic hydroxyl groups is 1. The molecule has 1 fully saturated rings. The number of nitrogens with zero attached hydrogens (tertiary/aromatic N) is 1. The van der Waals surface area contributed by atoms with Crippen molar-refractivity contribution >= 4 is 28.2 Å². The summed E-state index contributed by atoms with van der Waals surface area (Å²) in [5, 5.41) is 12.6. The molecule has 9 heteroatoms. The molecule has 0 spiro atoms. The van der Waals surface area contributed by atoms with Crippen LogP contribution in [0.5, 0.6) is 5.75 Å². The van der Waals surface area contributed by atoms with Crippen LogP contribution >= 0.6 is 0 Å². The second-order valence-corrected chi connectivity index (χ2v) is 9.45. The smallest absolute Gasteiger partial charge is 0.254 e. The van der Waals surface area contributed by atoms with Gasteiger partial charge in [0.05, 0.1) is 16.6 Å². The molecule has 34 heavy (non-hydrogen) atoms. The summed E-state index contributed by atoms with van der Waals surface area (Å²) in [6.45, 7) is 7.42. The first-order chi connectivity index (χ1) is 16.2. The number of hydrogen-bond acceptors (Lipinski definition) is 4. The number of rotatable bonds is 6. The zero-order valence-corrected chi connectivity index (χ0v) is 20.6. The van der Waals surface area contributed by atoms with Crippen molar-refractivity contribution in [1.29, 1.82) is 0 Å². The molecule has 0 radical (unpaired) electrons. The van der Waals surface area contributed by atoms with E-state index in [9.17, 15) is 22.9 Å². The summed E-state index contributed by atoms with van der Waals surface area (Å²) >= 11 is 0. The van der Waals surface area contributed by atoms with Crippen molar-refractivity contribution in [3.05, 3.63) is 81.1 Å². The van der Waals surface area contributed by atoms with Crippen LogP contribution in [0.3, 0.4) is 0 Å². The first kappa shape index (κ1) is 25.4. The number of phenolic OH excluding ortho intramolecular Hbond substituents is 1. The van der Waals surface area contributed by atoms with Crippen LogP contribution in [0.25, 0.3) is 0 Å². The topological polar surface area (TPSA) is 83.4 Å². The van der Waals surface area contributed by atoms with Crippen LogP contribution in [0.4, 0.5) is 26.0 Å². The molecule has 2 aromatic carbocycles. The van der Waals surface area contributed by atoms with Crippen LogP contribution in [-0.2, 0) is 18.0 Å². The molecule has 1 saturated carbocycles. The maximum Gasteiger partial charge on any atom is 0.254 e. The normalized spacial score (nSPS) is 17.4. The summed E-state index contributed by atoms with van der Waals surface area (Å²) < 4.78 is 45.0. The molecule has 0 bridgehead atoms. The molecule has 0 amide bonds. The third-order valence-electron chi connectivity index (χ3n) is 5.58. The fraction of sp³-hybridized carbons (Fsp3) is 0.320. The molecule has 4 rings (SSSR count). The van der Waals surface area contributed by atoms with E-state index in [1.807, 2.05) is 13.8 Å². The van der Waals surface area contributed by atoms with Gasteiger partial charge in [-0.2, -0.15) is 0 Å². The van der Waals surface area contributed by atoms with E-state index in [0.717, 1.165) is 11.6 Å². The number of aromatic nitrogens is 1. The van der Waals surface area contributed by atoms with Crippen molar-refractivity contribution in [2.24, 2.45) is 7.05 Å². The summed E-state index contributed by atoms with van der Waals surface area (Å²) in [5.41, 5.74) is 2.04. The first-order valence-electron chi connectivity index (χ1n) is 11.0. The zero-order chi connectivity index (χ0) is 25.2. The lowest BCUT2D eigenvalue weighted by atomic mass is 10.1. The standard InChI is InChI=1S/C23H23F2N3O3S.C2H6/c1-12-4-7-18(17(25)8-12)26-22-19(9-13(2)23(30)28(22)3)27-32(31)21-11-16(21)15-6-5-14(24)10-20(15)29;1-2/h4-10,16,21,26-27,29H,11H2,1-3H3;1-2H3. The molecular formula is C25H29F2N3O3S. The van der Waals surface area contributed by atoms with Gasteiger partial charge in [-0.1, -0.05) is 26.0 Å². The van der Waals surface area contributed by atoms with Gasteiger partial charge < -0.3 is 15.1 Å². The number of pyridine rings is 1. The molecule has 0 aliphatic heterocycles. The Morgan fingerprint density at radius 3 is 2.41 bits per heavy atom. The molecule has 6 nitrogen and oxygen atoms in total. The Kier molecular flexibility index (Phi) is 7.76. The summed E-state index contributed by atoms with van der Waals surface area (Å²) in [7, 11) is -0.0103. The van der Waals surface area contributed by atoms with Gasteiger partial charge in [0.25, 0.3) is 5.56 Å². The van der Waals surface area contributed by atoms with Crippen molar-refractivity contribution in [1.82, 2.24) is 4.57 Å². The Morgan fingerprint density at radius 1 is 1.06 bits per heavy atom. The van der Waals surface area contributed by atoms with Gasteiger partial charge in [-0.05, 0) is 55.7 Å². The molecule has 1 aromatic heterocycles. The van der Waals surface area contributed by atoms with Crippen LogP contribution in [0.2, 0.25) is 0 Å². The van der Waals surface area contributed by atoms with E-state index < -0.39 is 22.6 Å². The van der Waals surface area contributed by atoms with E-state index in [1.54, 1.807) is 39.1 Å². The van der Waals surface area contributed by atoms with Gasteiger partial charge in [0, 0.05) is 24.6 Å². The number of halogens is 2. The monoisotopic (exact) mass is 489 g/mol. The Labute approximate surface area is 200 Å². The second kappa shape index (κ2) is 10.4. The Bertz CT molecular complexity index is 1290. The highest BCUT2D eigenvalue weighted by Crippen LogP contribution is 2.48. The molecule has 182 valence electrons. The van der Waals surface area contributed by atoms with Gasteiger partial charge in [0.2, 0.25) is 0 Å². The van der Waals surface area contributed by atoms with Crippen LogP contribution in [0.1, 0.15) is 42.9 Å². The minimum absolute atomic E-state index is 0.162. The van der Waals surface area contributed by atoms with Gasteiger partial charge in [0.15, 0.2) is 0 Å². The van der Waals surface area contributed by atoms with Gasteiger partial charge >= 0.3 is 0 Å². The van der Waals surface area contributed by atoms with E-state index in [-0.39, 0.29) is 34.0 Å². The highest BCUT2D eigenvalue weighted by molar-refractivity contribution is 7.87. The van der Waals surface area contributed by atoms with E-state index in [4.69, 9.17) is 0 Å². The zero-order valence-electron chi connectivity index (χ0n) is 19.8. The van der Waals surface area contributed by atoms with Crippen LogP contribution in [-0.4, -0.2) is 19.1 Å². The highest BCUT2D eigenvalue weighted by Gasteiger charge is 2.45. The van der Waals surface area contributed by atoms with Crippen LogP contribution in [0, 0.1) is 25.5 Å². The number of phenols is 1. The first-order valence-corrected chi connectivity index (χ1v) is 12.3. The summed E-state index contributed by atoms with van der Waals surface area (Å²) in [6.07, 6.45) is 0.554. The molecular weight excluding hydrogens is 460 g/mol. The SMILES string of the molecule is CC.Cc1ccc(Nc2c(NS(=O)C3CC3c3ccc(F)cc3O)cc(C)c(=O)n2C)c(F)c1. The van der Waals surface area contributed by atoms with Gasteiger partial charge in [-0.25, -0.2) is 13.0 Å². The second-order valence-electron chi connectivity index (χ2n) is 8.05. The predicted molar refractivity (Wildman–Crippen MR) is 133 cm³/mol. The molecule has 1 aliphatic rings. The van der Waals surface area contributed by atoms with Crippen molar-refractivity contribution in [3.63, 3.8) is 0 Å². The minimum Gasteiger partial charge on any atom is -0.508 e. The maximum atomic E-state index is 14.4. The van der Waals surface area contributed by atoms with E-state index in [0.29, 0.717) is 23.2 Å². The third kappa shape index (κ3) is 5.30. The Morgan fingerprint density at radius 2 is 1.76 bits per heavy atom. The summed E-state index contributed by atoms with van der Waals surface area (Å²) in [5.74, 6) is -1.08. The van der Waals surface area contributed by atoms with E-state index >= 15 is 0 Å². The minimum atomic E-state index is -1.56. The van der Waals surface area contributed by atoms with Crippen molar-refractivity contribution in [3.8, 4) is 5.75 Å². The summed E-state index contributed by atoms with van der Waals surface area (Å²) in [4.78, 5) is 12.5.